The number of fused-ring (bicyclic) bond motifs is 2. The molecule has 180 valence electrons. The first-order valence-electron chi connectivity index (χ1n) is 12.2. The molecule has 0 bridgehead atoms. The van der Waals surface area contributed by atoms with E-state index in [2.05, 4.69) is 20.1 Å². The minimum absolute atomic E-state index is 0.104. The standard InChI is InChI=1S/C27H29N5O3/c1-17(2)15-22(32-26(34)20-11-5-6-12-21(20)27(32)35)25(33)28-19-10-8-9-18(16-19)24-30-29-23-13-4-3-7-14-31(23)24/h5-6,8-12,16-17,22H,3-4,7,13-15H2,1-2H3,(H,28,33). The van der Waals surface area contributed by atoms with Gasteiger partial charge in [0.25, 0.3) is 11.8 Å². The predicted molar refractivity (Wildman–Crippen MR) is 132 cm³/mol. The summed E-state index contributed by atoms with van der Waals surface area (Å²) in [7, 11) is 0. The monoisotopic (exact) mass is 471 g/mol. The molecular formula is C27H29N5O3. The second-order valence-corrected chi connectivity index (χ2v) is 9.64. The number of benzene rings is 2. The third kappa shape index (κ3) is 4.36. The van der Waals surface area contributed by atoms with Gasteiger partial charge in [0.2, 0.25) is 5.91 Å². The zero-order valence-corrected chi connectivity index (χ0v) is 20.0. The summed E-state index contributed by atoms with van der Waals surface area (Å²) in [4.78, 5) is 40.7. The van der Waals surface area contributed by atoms with Crippen LogP contribution in [0.15, 0.2) is 48.5 Å². The van der Waals surface area contributed by atoms with Crippen LogP contribution in [0.1, 0.15) is 66.1 Å². The molecule has 8 heteroatoms. The van der Waals surface area contributed by atoms with E-state index in [-0.39, 0.29) is 11.8 Å². The number of aromatic nitrogens is 3. The van der Waals surface area contributed by atoms with Crippen molar-refractivity contribution in [3.63, 3.8) is 0 Å². The van der Waals surface area contributed by atoms with Crippen molar-refractivity contribution in [3.8, 4) is 11.4 Å². The lowest BCUT2D eigenvalue weighted by molar-refractivity contribution is -0.120. The second kappa shape index (κ2) is 9.44. The average molecular weight is 472 g/mol. The molecule has 3 aromatic rings. The Kier molecular flexibility index (Phi) is 6.19. The predicted octanol–water partition coefficient (Wildman–Crippen LogP) is 4.32. The molecule has 3 amide bonds. The fourth-order valence-corrected chi connectivity index (χ4v) is 4.93. The van der Waals surface area contributed by atoms with E-state index in [0.717, 1.165) is 47.9 Å². The van der Waals surface area contributed by atoms with Crippen molar-refractivity contribution < 1.29 is 14.4 Å². The van der Waals surface area contributed by atoms with Gasteiger partial charge in [-0.1, -0.05) is 44.5 Å². The Bertz CT molecular complexity index is 1260. The third-order valence-electron chi connectivity index (χ3n) is 6.63. The highest BCUT2D eigenvalue weighted by molar-refractivity contribution is 6.23. The minimum Gasteiger partial charge on any atom is -0.324 e. The Labute approximate surface area is 204 Å². The van der Waals surface area contributed by atoms with E-state index >= 15 is 0 Å². The highest BCUT2D eigenvalue weighted by Gasteiger charge is 2.42. The number of amides is 3. The Hall–Kier alpha value is -3.81. The Morgan fingerprint density at radius 3 is 2.43 bits per heavy atom. The summed E-state index contributed by atoms with van der Waals surface area (Å²) in [5.74, 6) is 0.655. The van der Waals surface area contributed by atoms with E-state index in [1.54, 1.807) is 30.3 Å². The maximum atomic E-state index is 13.5. The van der Waals surface area contributed by atoms with E-state index in [1.807, 2.05) is 32.0 Å². The smallest absolute Gasteiger partial charge is 0.262 e. The number of rotatable bonds is 6. The Balaban J connectivity index is 1.41. The number of nitrogens with one attached hydrogen (secondary N) is 1. The lowest BCUT2D eigenvalue weighted by atomic mass is 10.0. The van der Waals surface area contributed by atoms with Crippen molar-refractivity contribution in [2.24, 2.45) is 5.92 Å². The van der Waals surface area contributed by atoms with Crippen molar-refractivity contribution in [2.75, 3.05) is 5.32 Å². The molecule has 1 N–H and O–H groups in total. The first kappa shape index (κ1) is 23.0. The van der Waals surface area contributed by atoms with Crippen LogP contribution in [0.25, 0.3) is 11.4 Å². The molecule has 0 spiro atoms. The average Bonchev–Trinajstić information content (AvgIpc) is 3.25. The molecule has 5 rings (SSSR count). The van der Waals surface area contributed by atoms with Gasteiger partial charge in [-0.05, 0) is 49.4 Å². The van der Waals surface area contributed by atoms with Crippen LogP contribution in [0.3, 0.4) is 0 Å². The van der Waals surface area contributed by atoms with Crippen molar-refractivity contribution in [2.45, 2.75) is 58.5 Å². The molecule has 1 aromatic heterocycles. The summed E-state index contributed by atoms with van der Waals surface area (Å²) < 4.78 is 2.16. The number of anilines is 1. The van der Waals surface area contributed by atoms with Gasteiger partial charge in [-0.2, -0.15) is 0 Å². The molecule has 1 unspecified atom stereocenters. The lowest BCUT2D eigenvalue weighted by Crippen LogP contribution is -2.47. The van der Waals surface area contributed by atoms with E-state index in [1.165, 1.54) is 6.42 Å². The maximum Gasteiger partial charge on any atom is 0.262 e. The molecule has 0 saturated carbocycles. The fraction of sp³-hybridized carbons (Fsp3) is 0.370. The fourth-order valence-electron chi connectivity index (χ4n) is 4.93. The van der Waals surface area contributed by atoms with Crippen molar-refractivity contribution in [3.05, 3.63) is 65.5 Å². The highest BCUT2D eigenvalue weighted by atomic mass is 16.2. The van der Waals surface area contributed by atoms with Gasteiger partial charge in [0.05, 0.1) is 11.1 Å². The van der Waals surface area contributed by atoms with Gasteiger partial charge in [0, 0.05) is 24.2 Å². The second-order valence-electron chi connectivity index (χ2n) is 9.64. The maximum absolute atomic E-state index is 13.5. The van der Waals surface area contributed by atoms with Crippen LogP contribution in [0, 0.1) is 5.92 Å². The molecule has 2 aliphatic heterocycles. The number of hydrogen-bond acceptors (Lipinski definition) is 5. The molecule has 3 heterocycles. The van der Waals surface area contributed by atoms with Gasteiger partial charge >= 0.3 is 0 Å². The number of nitrogens with zero attached hydrogens (tertiary/aromatic N) is 4. The molecule has 0 radical (unpaired) electrons. The SMILES string of the molecule is CC(C)CC(C(=O)Nc1cccc(-c2nnc3n2CCCCC3)c1)N1C(=O)c2ccccc2C1=O. The van der Waals surface area contributed by atoms with Crippen LogP contribution >= 0.6 is 0 Å². The largest absolute Gasteiger partial charge is 0.324 e. The van der Waals surface area contributed by atoms with Gasteiger partial charge in [-0.25, -0.2) is 0 Å². The first-order chi connectivity index (χ1) is 16.9. The summed E-state index contributed by atoms with van der Waals surface area (Å²) in [5, 5.41) is 11.7. The lowest BCUT2D eigenvalue weighted by Gasteiger charge is -2.26. The molecular weight excluding hydrogens is 442 g/mol. The van der Waals surface area contributed by atoms with Gasteiger partial charge in [0.15, 0.2) is 5.82 Å². The van der Waals surface area contributed by atoms with E-state index in [4.69, 9.17) is 0 Å². The molecule has 2 aliphatic rings. The molecule has 1 atom stereocenters. The molecule has 0 saturated heterocycles. The summed E-state index contributed by atoms with van der Waals surface area (Å²) in [6.45, 7) is 4.82. The van der Waals surface area contributed by atoms with Gasteiger partial charge < -0.3 is 9.88 Å². The van der Waals surface area contributed by atoms with Crippen LogP contribution in [0.4, 0.5) is 5.69 Å². The quantitative estimate of drug-likeness (QED) is 0.540. The zero-order chi connectivity index (χ0) is 24.5. The van der Waals surface area contributed by atoms with Gasteiger partial charge in [-0.15, -0.1) is 10.2 Å². The van der Waals surface area contributed by atoms with Gasteiger partial charge in [-0.3, -0.25) is 19.3 Å². The third-order valence-corrected chi connectivity index (χ3v) is 6.63. The minimum atomic E-state index is -0.907. The number of carbonyl (C=O) groups is 3. The normalized spacial score (nSPS) is 16.1. The van der Waals surface area contributed by atoms with Crippen molar-refractivity contribution in [1.29, 1.82) is 0 Å². The van der Waals surface area contributed by atoms with Crippen LogP contribution in [0.2, 0.25) is 0 Å². The first-order valence-corrected chi connectivity index (χ1v) is 12.2. The van der Waals surface area contributed by atoms with Crippen LogP contribution in [0.5, 0.6) is 0 Å². The van der Waals surface area contributed by atoms with Crippen molar-refractivity contribution in [1.82, 2.24) is 19.7 Å². The molecule has 0 aliphatic carbocycles. The van der Waals surface area contributed by atoms with Gasteiger partial charge in [0.1, 0.15) is 11.9 Å². The summed E-state index contributed by atoms with van der Waals surface area (Å²) in [5.41, 5.74) is 2.13. The van der Waals surface area contributed by atoms with Crippen LogP contribution < -0.4 is 5.32 Å². The van der Waals surface area contributed by atoms with E-state index in [0.29, 0.717) is 23.2 Å². The number of hydrogen-bond donors (Lipinski definition) is 1. The van der Waals surface area contributed by atoms with E-state index in [9.17, 15) is 14.4 Å². The number of carbonyl (C=O) groups excluding carboxylic acids is 3. The Morgan fingerprint density at radius 1 is 0.971 bits per heavy atom. The zero-order valence-electron chi connectivity index (χ0n) is 20.0. The van der Waals surface area contributed by atoms with E-state index < -0.39 is 17.9 Å². The summed E-state index contributed by atoms with van der Waals surface area (Å²) in [6.07, 6.45) is 4.66. The topological polar surface area (TPSA) is 97.2 Å². The molecule has 2 aromatic carbocycles. The molecule has 35 heavy (non-hydrogen) atoms. The molecule has 0 fully saturated rings. The van der Waals surface area contributed by atoms with Crippen molar-refractivity contribution >= 4 is 23.4 Å². The number of imide groups is 1. The number of aryl methyl sites for hydroxylation is 1. The molecule has 8 nitrogen and oxygen atoms in total. The summed E-state index contributed by atoms with van der Waals surface area (Å²) >= 11 is 0. The van der Waals surface area contributed by atoms with Crippen LogP contribution in [-0.4, -0.2) is 43.4 Å². The van der Waals surface area contributed by atoms with Crippen LogP contribution in [-0.2, 0) is 17.8 Å². The highest BCUT2D eigenvalue weighted by Crippen LogP contribution is 2.29. The Morgan fingerprint density at radius 2 is 1.71 bits per heavy atom. The summed E-state index contributed by atoms with van der Waals surface area (Å²) in [6, 6.07) is 13.3.